The van der Waals surface area contributed by atoms with E-state index in [-0.39, 0.29) is 0 Å². The Morgan fingerprint density at radius 3 is 2.82 bits per heavy atom. The highest BCUT2D eigenvalue weighted by Crippen LogP contribution is 2.09. The first-order valence-corrected chi connectivity index (χ1v) is 5.50. The van der Waals surface area contributed by atoms with Crippen molar-refractivity contribution in [2.45, 2.75) is 0 Å². The molecule has 17 heavy (non-hydrogen) atoms. The number of aromatic nitrogens is 3. The van der Waals surface area contributed by atoms with Gasteiger partial charge in [-0.15, -0.1) is 0 Å². The lowest BCUT2D eigenvalue weighted by atomic mass is 10.2. The minimum atomic E-state index is -0.520. The van der Waals surface area contributed by atoms with Crippen molar-refractivity contribution >= 4 is 28.0 Å². The summed E-state index contributed by atoms with van der Waals surface area (Å²) in [4.78, 5) is 14.4. The van der Waals surface area contributed by atoms with Crippen LogP contribution in [0.15, 0.2) is 44.8 Å². The molecule has 0 amide bonds. The molecule has 0 atom stereocenters. The first-order valence-electron chi connectivity index (χ1n) is 4.70. The van der Waals surface area contributed by atoms with E-state index < -0.39 is 5.69 Å². The molecule has 7 heteroatoms. The monoisotopic (exact) mass is 293 g/mol. The molecule has 6 nitrogen and oxygen atoms in total. The van der Waals surface area contributed by atoms with Crippen LogP contribution in [-0.2, 0) is 0 Å². The van der Waals surface area contributed by atoms with Gasteiger partial charge in [-0.2, -0.15) is 15.2 Å². The van der Waals surface area contributed by atoms with Crippen LogP contribution < -0.4 is 11.1 Å². The minimum Gasteiger partial charge on any atom is -0.260 e. The maximum atomic E-state index is 10.8. The fourth-order valence-corrected chi connectivity index (χ4v) is 1.35. The number of benzene rings is 1. The van der Waals surface area contributed by atoms with Crippen LogP contribution in [0.3, 0.4) is 0 Å². The molecule has 0 aliphatic carbocycles. The number of nitrogens with zero attached hydrogens (tertiary/aromatic N) is 3. The summed E-state index contributed by atoms with van der Waals surface area (Å²) >= 11 is 3.34. The third kappa shape index (κ3) is 3.49. The second kappa shape index (κ2) is 5.35. The number of rotatable bonds is 3. The van der Waals surface area contributed by atoms with Gasteiger partial charge in [0.25, 0.3) is 0 Å². The zero-order valence-corrected chi connectivity index (χ0v) is 10.2. The lowest BCUT2D eigenvalue weighted by Gasteiger charge is -1.96. The molecule has 86 valence electrons. The molecule has 1 aromatic carbocycles. The quantitative estimate of drug-likeness (QED) is 0.661. The fraction of sp³-hybridized carbons (Fsp3) is 0. The van der Waals surface area contributed by atoms with Crippen LogP contribution in [0, 0.1) is 0 Å². The number of H-pyrrole nitrogens is 1. The molecule has 0 radical (unpaired) electrons. The standard InChI is InChI=1S/C10H8BrN5O/c11-8-3-1-7(2-4-8)5-12-15-9-6-13-16-10(17)14-9/h1-6H,(H2,14,15,16,17). The Hall–Kier alpha value is -2.02. The third-order valence-corrected chi connectivity index (χ3v) is 2.36. The lowest BCUT2D eigenvalue weighted by Crippen LogP contribution is -2.13. The highest BCUT2D eigenvalue weighted by atomic mass is 79.9. The van der Waals surface area contributed by atoms with Gasteiger partial charge in [0.15, 0.2) is 5.82 Å². The van der Waals surface area contributed by atoms with Crippen molar-refractivity contribution in [3.63, 3.8) is 0 Å². The molecule has 1 aromatic heterocycles. The van der Waals surface area contributed by atoms with Crippen LogP contribution >= 0.6 is 15.9 Å². The van der Waals surface area contributed by atoms with Crippen molar-refractivity contribution < 1.29 is 0 Å². The summed E-state index contributed by atoms with van der Waals surface area (Å²) in [6.45, 7) is 0. The van der Waals surface area contributed by atoms with Gasteiger partial charge in [0.2, 0.25) is 0 Å². The highest BCUT2D eigenvalue weighted by Gasteiger charge is 1.92. The van der Waals surface area contributed by atoms with Gasteiger partial charge in [0, 0.05) is 4.47 Å². The van der Waals surface area contributed by atoms with Crippen molar-refractivity contribution in [3.8, 4) is 0 Å². The summed E-state index contributed by atoms with van der Waals surface area (Å²) in [7, 11) is 0. The molecule has 0 bridgehead atoms. The number of hydrogen-bond donors (Lipinski definition) is 2. The number of nitrogens with one attached hydrogen (secondary N) is 2. The van der Waals surface area contributed by atoms with Crippen LogP contribution in [0.2, 0.25) is 0 Å². The van der Waals surface area contributed by atoms with Crippen LogP contribution in [0.5, 0.6) is 0 Å². The summed E-state index contributed by atoms with van der Waals surface area (Å²) in [6, 6.07) is 7.63. The van der Waals surface area contributed by atoms with E-state index in [1.807, 2.05) is 24.3 Å². The van der Waals surface area contributed by atoms with E-state index >= 15 is 0 Å². The molecule has 2 N–H and O–H groups in total. The highest BCUT2D eigenvalue weighted by molar-refractivity contribution is 9.10. The van der Waals surface area contributed by atoms with E-state index in [9.17, 15) is 4.79 Å². The van der Waals surface area contributed by atoms with E-state index in [0.717, 1.165) is 10.0 Å². The molecular formula is C10H8BrN5O. The third-order valence-electron chi connectivity index (χ3n) is 1.83. The van der Waals surface area contributed by atoms with Gasteiger partial charge in [0.1, 0.15) is 0 Å². The average molecular weight is 294 g/mol. The predicted octanol–water partition coefficient (Wildman–Crippen LogP) is 1.37. The van der Waals surface area contributed by atoms with E-state index in [1.54, 1.807) is 6.21 Å². The Morgan fingerprint density at radius 1 is 1.35 bits per heavy atom. The SMILES string of the molecule is O=c1nc(NN=Cc2ccc(Br)cc2)cn[nH]1. The van der Waals surface area contributed by atoms with E-state index in [0.29, 0.717) is 5.82 Å². The maximum absolute atomic E-state index is 10.8. The van der Waals surface area contributed by atoms with Gasteiger partial charge < -0.3 is 0 Å². The first-order chi connectivity index (χ1) is 8.24. The Kier molecular flexibility index (Phi) is 3.61. The summed E-state index contributed by atoms with van der Waals surface area (Å²) < 4.78 is 1.00. The summed E-state index contributed by atoms with van der Waals surface area (Å²) in [5.74, 6) is 0.294. The van der Waals surface area contributed by atoms with Crippen LogP contribution in [0.4, 0.5) is 5.82 Å². The Balaban J connectivity index is 2.02. The smallest absolute Gasteiger partial charge is 0.260 e. The van der Waals surface area contributed by atoms with Gasteiger partial charge >= 0.3 is 5.69 Å². The van der Waals surface area contributed by atoms with Crippen molar-refractivity contribution in [1.82, 2.24) is 15.2 Å². The van der Waals surface area contributed by atoms with Gasteiger partial charge in [-0.3, -0.25) is 5.43 Å². The molecule has 0 fully saturated rings. The summed E-state index contributed by atoms with van der Waals surface area (Å²) in [5.41, 5.74) is 3.02. The average Bonchev–Trinajstić information content (AvgIpc) is 2.32. The molecule has 0 spiro atoms. The van der Waals surface area contributed by atoms with E-state index in [2.05, 4.69) is 41.6 Å². The largest absolute Gasteiger partial charge is 0.363 e. The van der Waals surface area contributed by atoms with Crippen molar-refractivity contribution in [3.05, 3.63) is 51.0 Å². The number of halogens is 1. The normalized spacial score (nSPS) is 10.6. The number of aromatic amines is 1. The molecule has 1 heterocycles. The Morgan fingerprint density at radius 2 is 2.12 bits per heavy atom. The molecule has 0 aliphatic rings. The van der Waals surface area contributed by atoms with Crippen molar-refractivity contribution in [2.24, 2.45) is 5.10 Å². The zero-order valence-electron chi connectivity index (χ0n) is 8.59. The molecule has 2 aromatic rings. The number of anilines is 1. The first kappa shape index (κ1) is 11.5. The van der Waals surface area contributed by atoms with E-state index in [1.165, 1.54) is 6.20 Å². The molecule has 2 rings (SSSR count). The second-order valence-corrected chi connectivity index (χ2v) is 4.01. The van der Waals surface area contributed by atoms with Gasteiger partial charge in [-0.25, -0.2) is 9.89 Å². The molecule has 0 saturated heterocycles. The van der Waals surface area contributed by atoms with Crippen molar-refractivity contribution in [1.29, 1.82) is 0 Å². The predicted molar refractivity (Wildman–Crippen MR) is 68.0 cm³/mol. The van der Waals surface area contributed by atoms with Gasteiger partial charge in [-0.05, 0) is 17.7 Å². The molecule has 0 aliphatic heterocycles. The van der Waals surface area contributed by atoms with Crippen LogP contribution in [0.25, 0.3) is 0 Å². The van der Waals surface area contributed by atoms with Crippen LogP contribution in [0.1, 0.15) is 5.56 Å². The van der Waals surface area contributed by atoms with Gasteiger partial charge in [-0.1, -0.05) is 28.1 Å². The molecule has 0 saturated carbocycles. The summed E-state index contributed by atoms with van der Waals surface area (Å²) in [6.07, 6.45) is 3.00. The molecular weight excluding hydrogens is 286 g/mol. The second-order valence-electron chi connectivity index (χ2n) is 3.09. The van der Waals surface area contributed by atoms with Gasteiger partial charge in [0.05, 0.1) is 12.4 Å². The molecule has 0 unspecified atom stereocenters. The van der Waals surface area contributed by atoms with Crippen molar-refractivity contribution in [2.75, 3.05) is 5.43 Å². The topological polar surface area (TPSA) is 83.0 Å². The zero-order chi connectivity index (χ0) is 12.1. The Labute approximate surface area is 105 Å². The fourth-order valence-electron chi connectivity index (χ4n) is 1.09. The maximum Gasteiger partial charge on any atom is 0.363 e. The number of hydrazone groups is 1. The Bertz CT molecular complexity index is 578. The minimum absolute atomic E-state index is 0.294. The lowest BCUT2D eigenvalue weighted by molar-refractivity contribution is 0.913. The summed E-state index contributed by atoms with van der Waals surface area (Å²) in [5, 5.41) is 9.69. The van der Waals surface area contributed by atoms with Crippen LogP contribution in [-0.4, -0.2) is 21.4 Å². The van der Waals surface area contributed by atoms with E-state index in [4.69, 9.17) is 0 Å². The number of hydrogen-bond acceptors (Lipinski definition) is 5.